The minimum absolute atomic E-state index is 0.196. The number of hydrogen-bond acceptors (Lipinski definition) is 2. The first-order valence-electron chi connectivity index (χ1n) is 6.32. The van der Waals surface area contributed by atoms with E-state index < -0.39 is 0 Å². The summed E-state index contributed by atoms with van der Waals surface area (Å²) < 4.78 is 12.9. The van der Waals surface area contributed by atoms with Crippen LogP contribution in [0.3, 0.4) is 0 Å². The van der Waals surface area contributed by atoms with Gasteiger partial charge in [0.1, 0.15) is 11.5 Å². The molecule has 1 aromatic heterocycles. The third-order valence-corrected chi connectivity index (χ3v) is 3.26. The number of carbonyl (C=O) groups is 1. The van der Waals surface area contributed by atoms with E-state index in [0.29, 0.717) is 11.3 Å². The van der Waals surface area contributed by atoms with E-state index in [1.807, 2.05) is 31.2 Å². The van der Waals surface area contributed by atoms with Gasteiger partial charge >= 0.3 is 0 Å². The Bertz CT molecular complexity index is 794. The minimum atomic E-state index is -0.357. The zero-order chi connectivity index (χ0) is 14.1. The van der Waals surface area contributed by atoms with Gasteiger partial charge in [-0.25, -0.2) is 9.37 Å². The Labute approximate surface area is 115 Å². The van der Waals surface area contributed by atoms with Gasteiger partial charge in [0.2, 0.25) is 5.78 Å². The highest BCUT2D eigenvalue weighted by Crippen LogP contribution is 2.19. The van der Waals surface area contributed by atoms with Crippen molar-refractivity contribution in [3.8, 4) is 0 Å². The number of nitrogens with zero attached hydrogens (tertiary/aromatic N) is 1. The predicted molar refractivity (Wildman–Crippen MR) is 76.3 cm³/mol. The van der Waals surface area contributed by atoms with E-state index in [4.69, 9.17) is 0 Å². The van der Waals surface area contributed by atoms with E-state index in [1.54, 1.807) is 6.07 Å². The molecule has 0 aliphatic rings. The van der Waals surface area contributed by atoms with Crippen molar-refractivity contribution >= 4 is 16.7 Å². The molecule has 98 valence electrons. The lowest BCUT2D eigenvalue weighted by Crippen LogP contribution is -2.05. The van der Waals surface area contributed by atoms with Crippen molar-refractivity contribution in [2.45, 2.75) is 6.92 Å². The standard InChI is InChI=1S/C17H12FNO/c1-11-10-16(19-15-5-3-2-4-14(11)15)17(20)12-6-8-13(18)9-7-12/h2-10H,1H3. The smallest absolute Gasteiger partial charge is 0.211 e. The third-order valence-electron chi connectivity index (χ3n) is 3.26. The molecule has 0 saturated heterocycles. The van der Waals surface area contributed by atoms with Gasteiger partial charge in [-0.1, -0.05) is 18.2 Å². The molecule has 0 fully saturated rings. The zero-order valence-electron chi connectivity index (χ0n) is 10.9. The van der Waals surface area contributed by atoms with Gasteiger partial charge in [-0.05, 0) is 48.9 Å². The Balaban J connectivity index is 2.10. The van der Waals surface area contributed by atoms with Crippen molar-refractivity contribution in [2.24, 2.45) is 0 Å². The molecule has 3 rings (SSSR count). The summed E-state index contributed by atoms with van der Waals surface area (Å²) in [4.78, 5) is 16.8. The Kier molecular flexibility index (Phi) is 3.03. The summed E-state index contributed by atoms with van der Waals surface area (Å²) in [6.07, 6.45) is 0. The van der Waals surface area contributed by atoms with Crippen LogP contribution in [0.4, 0.5) is 4.39 Å². The fourth-order valence-corrected chi connectivity index (χ4v) is 2.21. The summed E-state index contributed by atoms with van der Waals surface area (Å²) in [5, 5.41) is 1.03. The normalized spacial score (nSPS) is 10.7. The molecule has 0 aliphatic carbocycles. The topological polar surface area (TPSA) is 30.0 Å². The number of hydrogen-bond donors (Lipinski definition) is 0. The highest BCUT2D eigenvalue weighted by Gasteiger charge is 2.12. The van der Waals surface area contributed by atoms with Crippen LogP contribution in [-0.4, -0.2) is 10.8 Å². The zero-order valence-corrected chi connectivity index (χ0v) is 10.9. The SMILES string of the molecule is Cc1cc(C(=O)c2ccc(F)cc2)nc2ccccc12. The number of rotatable bonds is 2. The number of fused-ring (bicyclic) bond motifs is 1. The van der Waals surface area contributed by atoms with E-state index in [0.717, 1.165) is 16.5 Å². The first-order valence-corrected chi connectivity index (χ1v) is 6.32. The van der Waals surface area contributed by atoms with Crippen LogP contribution in [0.25, 0.3) is 10.9 Å². The van der Waals surface area contributed by atoms with Crippen LogP contribution in [0.2, 0.25) is 0 Å². The number of pyridine rings is 1. The van der Waals surface area contributed by atoms with Crippen LogP contribution in [0.15, 0.2) is 54.6 Å². The number of para-hydroxylation sites is 1. The highest BCUT2D eigenvalue weighted by atomic mass is 19.1. The number of aryl methyl sites for hydroxylation is 1. The number of aromatic nitrogens is 1. The van der Waals surface area contributed by atoms with Gasteiger partial charge in [-0.2, -0.15) is 0 Å². The average Bonchev–Trinajstić information content (AvgIpc) is 2.47. The largest absolute Gasteiger partial charge is 0.287 e. The lowest BCUT2D eigenvalue weighted by atomic mass is 10.0. The van der Waals surface area contributed by atoms with E-state index in [2.05, 4.69) is 4.98 Å². The van der Waals surface area contributed by atoms with Crippen molar-refractivity contribution in [1.82, 2.24) is 4.98 Å². The Morgan fingerprint density at radius 1 is 1.05 bits per heavy atom. The van der Waals surface area contributed by atoms with Crippen LogP contribution in [0.1, 0.15) is 21.6 Å². The van der Waals surface area contributed by atoms with Crippen molar-refractivity contribution < 1.29 is 9.18 Å². The second-order valence-electron chi connectivity index (χ2n) is 4.68. The molecule has 3 heteroatoms. The number of ketones is 1. The van der Waals surface area contributed by atoms with E-state index in [9.17, 15) is 9.18 Å². The lowest BCUT2D eigenvalue weighted by molar-refractivity contribution is 0.103. The third kappa shape index (κ3) is 2.18. The molecule has 0 saturated carbocycles. The fourth-order valence-electron chi connectivity index (χ4n) is 2.21. The molecule has 0 radical (unpaired) electrons. The number of halogens is 1. The molecule has 20 heavy (non-hydrogen) atoms. The van der Waals surface area contributed by atoms with Crippen LogP contribution in [0.5, 0.6) is 0 Å². The lowest BCUT2D eigenvalue weighted by Gasteiger charge is -2.06. The molecule has 0 aliphatic heterocycles. The molecule has 0 bridgehead atoms. The summed E-state index contributed by atoms with van der Waals surface area (Å²) in [5.74, 6) is -0.553. The van der Waals surface area contributed by atoms with Gasteiger partial charge in [0.15, 0.2) is 0 Å². The first kappa shape index (κ1) is 12.5. The molecule has 0 amide bonds. The monoisotopic (exact) mass is 265 g/mol. The first-order chi connectivity index (χ1) is 9.65. The summed E-state index contributed by atoms with van der Waals surface area (Å²) in [7, 11) is 0. The van der Waals surface area contributed by atoms with Gasteiger partial charge in [0, 0.05) is 10.9 Å². The van der Waals surface area contributed by atoms with Crippen LogP contribution < -0.4 is 0 Å². The Morgan fingerprint density at radius 2 is 1.75 bits per heavy atom. The molecule has 2 aromatic carbocycles. The summed E-state index contributed by atoms with van der Waals surface area (Å²) >= 11 is 0. The molecule has 0 spiro atoms. The van der Waals surface area contributed by atoms with Crippen LogP contribution in [-0.2, 0) is 0 Å². The summed E-state index contributed by atoms with van der Waals surface area (Å²) in [5.41, 5.74) is 2.61. The maximum absolute atomic E-state index is 12.9. The molecular formula is C17H12FNO. The maximum Gasteiger partial charge on any atom is 0.211 e. The molecule has 1 heterocycles. The molecule has 2 nitrogen and oxygen atoms in total. The number of benzene rings is 2. The highest BCUT2D eigenvalue weighted by molar-refractivity contribution is 6.08. The predicted octanol–water partition coefficient (Wildman–Crippen LogP) is 3.91. The van der Waals surface area contributed by atoms with Crippen LogP contribution in [0, 0.1) is 12.7 Å². The summed E-state index contributed by atoms with van der Waals surface area (Å²) in [6, 6.07) is 15.0. The van der Waals surface area contributed by atoms with E-state index in [-0.39, 0.29) is 11.6 Å². The van der Waals surface area contributed by atoms with Gasteiger partial charge < -0.3 is 0 Å². The summed E-state index contributed by atoms with van der Waals surface area (Å²) in [6.45, 7) is 1.95. The van der Waals surface area contributed by atoms with Gasteiger partial charge in [0.25, 0.3) is 0 Å². The Morgan fingerprint density at radius 3 is 2.50 bits per heavy atom. The fraction of sp³-hybridized carbons (Fsp3) is 0.0588. The van der Waals surface area contributed by atoms with Crippen molar-refractivity contribution in [2.75, 3.05) is 0 Å². The van der Waals surface area contributed by atoms with Gasteiger partial charge in [-0.3, -0.25) is 4.79 Å². The van der Waals surface area contributed by atoms with Gasteiger partial charge in [-0.15, -0.1) is 0 Å². The Hall–Kier alpha value is -2.55. The maximum atomic E-state index is 12.9. The molecule has 3 aromatic rings. The average molecular weight is 265 g/mol. The second-order valence-corrected chi connectivity index (χ2v) is 4.68. The molecule has 0 N–H and O–H groups in total. The van der Waals surface area contributed by atoms with Gasteiger partial charge in [0.05, 0.1) is 5.52 Å². The molecule has 0 unspecified atom stereocenters. The van der Waals surface area contributed by atoms with E-state index >= 15 is 0 Å². The van der Waals surface area contributed by atoms with Crippen molar-refractivity contribution in [3.63, 3.8) is 0 Å². The number of carbonyl (C=O) groups excluding carboxylic acids is 1. The van der Waals surface area contributed by atoms with E-state index in [1.165, 1.54) is 24.3 Å². The molecular weight excluding hydrogens is 253 g/mol. The van der Waals surface area contributed by atoms with Crippen molar-refractivity contribution in [3.05, 3.63) is 77.2 Å². The second kappa shape index (κ2) is 4.85. The van der Waals surface area contributed by atoms with Crippen molar-refractivity contribution in [1.29, 1.82) is 0 Å². The molecule has 0 atom stereocenters. The van der Waals surface area contributed by atoms with Crippen LogP contribution >= 0.6 is 0 Å². The quantitative estimate of drug-likeness (QED) is 0.657. The minimum Gasteiger partial charge on any atom is -0.287 e.